The van der Waals surface area contributed by atoms with E-state index in [0.717, 1.165) is 0 Å². The number of ether oxygens (including phenoxy) is 3. The summed E-state index contributed by atoms with van der Waals surface area (Å²) in [6.45, 7) is 3.96. The molecule has 8 heteroatoms. The van der Waals surface area contributed by atoms with Gasteiger partial charge in [-0.25, -0.2) is 15.0 Å². The molecule has 0 aliphatic heterocycles. The number of nitrogens with one attached hydrogen (secondary N) is 1. The molecule has 0 heterocycles. The molecule has 0 unspecified atom stereocenters. The van der Waals surface area contributed by atoms with E-state index in [4.69, 9.17) is 14.2 Å². The summed E-state index contributed by atoms with van der Waals surface area (Å²) < 4.78 is 16.6. The first-order chi connectivity index (χ1) is 19.4. The highest BCUT2D eigenvalue weighted by Crippen LogP contribution is 2.26. The first-order valence-corrected chi connectivity index (χ1v) is 12.6. The van der Waals surface area contributed by atoms with E-state index in [1.165, 1.54) is 23.9 Å². The maximum Gasteiger partial charge on any atom is 0.343 e. The van der Waals surface area contributed by atoms with Gasteiger partial charge in [0.2, 0.25) is 0 Å². The fraction of sp³-hybridized carbons (Fsp3) is 0.125. The average Bonchev–Trinajstić information content (AvgIpc) is 2.98. The van der Waals surface area contributed by atoms with Crippen molar-refractivity contribution in [2.45, 2.75) is 19.8 Å². The molecule has 4 aromatic rings. The van der Waals surface area contributed by atoms with Crippen molar-refractivity contribution >= 4 is 24.1 Å². The van der Waals surface area contributed by atoms with E-state index in [0.29, 0.717) is 28.4 Å². The topological polar surface area (TPSA) is 103 Å². The lowest BCUT2D eigenvalue weighted by Crippen LogP contribution is -2.24. The number of hydrogen-bond acceptors (Lipinski definition) is 7. The Bertz CT molecular complexity index is 1480. The van der Waals surface area contributed by atoms with Crippen LogP contribution >= 0.6 is 0 Å². The molecule has 0 fully saturated rings. The minimum Gasteiger partial charge on any atom is -0.484 e. The molecule has 0 bridgehead atoms. The van der Waals surface area contributed by atoms with Gasteiger partial charge in [-0.05, 0) is 60.0 Å². The van der Waals surface area contributed by atoms with Crippen LogP contribution in [-0.2, 0) is 4.79 Å². The number of carbonyl (C=O) groups is 3. The molecule has 4 rings (SSSR count). The molecule has 0 saturated carbocycles. The summed E-state index contributed by atoms with van der Waals surface area (Å²) in [6, 6.07) is 29.0. The van der Waals surface area contributed by atoms with Crippen molar-refractivity contribution in [1.82, 2.24) is 5.43 Å². The Kier molecular flexibility index (Phi) is 9.39. The van der Waals surface area contributed by atoms with E-state index in [-0.39, 0.29) is 18.1 Å². The Morgan fingerprint density at radius 1 is 0.750 bits per heavy atom. The molecule has 0 aliphatic carbocycles. The lowest BCUT2D eigenvalue weighted by molar-refractivity contribution is -0.123. The van der Waals surface area contributed by atoms with Gasteiger partial charge in [0, 0.05) is 11.6 Å². The fourth-order valence-electron chi connectivity index (χ4n) is 3.55. The molecule has 1 N–H and O–H groups in total. The van der Waals surface area contributed by atoms with Crippen LogP contribution in [0.3, 0.4) is 0 Å². The summed E-state index contributed by atoms with van der Waals surface area (Å²) in [6.07, 6.45) is 1.33. The van der Waals surface area contributed by atoms with Crippen molar-refractivity contribution in [3.05, 3.63) is 125 Å². The van der Waals surface area contributed by atoms with E-state index in [1.54, 1.807) is 66.7 Å². The lowest BCUT2D eigenvalue weighted by atomic mass is 10.0. The minimum atomic E-state index is -0.609. The van der Waals surface area contributed by atoms with Gasteiger partial charge in [0.1, 0.15) is 17.2 Å². The van der Waals surface area contributed by atoms with E-state index in [9.17, 15) is 14.4 Å². The van der Waals surface area contributed by atoms with Gasteiger partial charge in [-0.15, -0.1) is 0 Å². The molecule has 8 nitrogen and oxygen atoms in total. The van der Waals surface area contributed by atoms with Crippen LogP contribution in [0.15, 0.2) is 108 Å². The van der Waals surface area contributed by atoms with Crippen LogP contribution in [0.5, 0.6) is 17.2 Å². The van der Waals surface area contributed by atoms with Gasteiger partial charge in [-0.3, -0.25) is 4.79 Å². The maximum atomic E-state index is 12.7. The van der Waals surface area contributed by atoms with Crippen molar-refractivity contribution in [2.24, 2.45) is 5.10 Å². The van der Waals surface area contributed by atoms with Crippen molar-refractivity contribution in [3.63, 3.8) is 0 Å². The highest BCUT2D eigenvalue weighted by atomic mass is 16.5. The predicted octanol–water partition coefficient (Wildman–Crippen LogP) is 5.78. The molecule has 0 spiro atoms. The molecule has 0 atom stereocenters. The van der Waals surface area contributed by atoms with E-state index in [2.05, 4.69) is 24.4 Å². The highest BCUT2D eigenvalue weighted by Gasteiger charge is 2.15. The number of hydrogen-bond donors (Lipinski definition) is 1. The van der Waals surface area contributed by atoms with Crippen LogP contribution in [0.4, 0.5) is 0 Å². The van der Waals surface area contributed by atoms with Crippen molar-refractivity contribution < 1.29 is 28.6 Å². The van der Waals surface area contributed by atoms with E-state index in [1.807, 2.05) is 24.3 Å². The van der Waals surface area contributed by atoms with Crippen LogP contribution in [0.1, 0.15) is 51.6 Å². The average molecular weight is 537 g/mol. The smallest absolute Gasteiger partial charge is 0.343 e. The second kappa shape index (κ2) is 13.5. The first kappa shape index (κ1) is 27.8. The Morgan fingerprint density at radius 3 is 1.93 bits per heavy atom. The SMILES string of the molecule is CC(C)c1ccc(OCC(=O)N/N=C/c2ccc(OC(=O)c3ccccc3)cc2OC(=O)c2ccccc2)cc1. The zero-order valence-electron chi connectivity index (χ0n) is 22.1. The van der Waals surface area contributed by atoms with Crippen LogP contribution < -0.4 is 19.6 Å². The Balaban J connectivity index is 1.44. The summed E-state index contributed by atoms with van der Waals surface area (Å²) in [5.41, 5.74) is 4.64. The monoisotopic (exact) mass is 536 g/mol. The van der Waals surface area contributed by atoms with Crippen LogP contribution in [0, 0.1) is 0 Å². The molecule has 0 aliphatic rings. The number of carbonyl (C=O) groups excluding carboxylic acids is 3. The second-order valence-electron chi connectivity index (χ2n) is 9.02. The summed E-state index contributed by atoms with van der Waals surface area (Å²) >= 11 is 0. The first-order valence-electron chi connectivity index (χ1n) is 12.6. The molecule has 0 radical (unpaired) electrons. The molecule has 4 aromatic carbocycles. The minimum absolute atomic E-state index is 0.0895. The largest absolute Gasteiger partial charge is 0.484 e. The quantitative estimate of drug-likeness (QED) is 0.119. The summed E-state index contributed by atoms with van der Waals surface area (Å²) in [7, 11) is 0. The Hall–Kier alpha value is -5.24. The van der Waals surface area contributed by atoms with Gasteiger partial charge in [-0.2, -0.15) is 5.10 Å². The fourth-order valence-corrected chi connectivity index (χ4v) is 3.55. The van der Waals surface area contributed by atoms with Crippen LogP contribution in [0.2, 0.25) is 0 Å². The number of amides is 1. The van der Waals surface area contributed by atoms with Gasteiger partial charge < -0.3 is 14.2 Å². The zero-order valence-corrected chi connectivity index (χ0v) is 22.1. The Morgan fingerprint density at radius 2 is 1.32 bits per heavy atom. The maximum absolute atomic E-state index is 12.7. The van der Waals surface area contributed by atoms with Gasteiger partial charge >= 0.3 is 11.9 Å². The number of esters is 2. The number of benzene rings is 4. The normalized spacial score (nSPS) is 10.8. The van der Waals surface area contributed by atoms with Crippen molar-refractivity contribution in [1.29, 1.82) is 0 Å². The van der Waals surface area contributed by atoms with Crippen molar-refractivity contribution in [3.8, 4) is 17.2 Å². The predicted molar refractivity (Wildman–Crippen MR) is 151 cm³/mol. The highest BCUT2D eigenvalue weighted by molar-refractivity contribution is 5.94. The lowest BCUT2D eigenvalue weighted by Gasteiger charge is -2.11. The zero-order chi connectivity index (χ0) is 28.3. The molecule has 40 heavy (non-hydrogen) atoms. The standard InChI is InChI=1S/C32H28N2O6/c1-22(2)23-13-16-27(17-14-23)38-21-30(35)34-33-20-26-15-18-28(39-31(36)24-9-5-3-6-10-24)19-29(26)40-32(37)25-11-7-4-8-12-25/h3-20,22H,21H2,1-2H3,(H,34,35)/b33-20+. The molecular weight excluding hydrogens is 508 g/mol. The summed E-state index contributed by atoms with van der Waals surface area (Å²) in [5.74, 6) is -0.418. The molecular formula is C32H28N2O6. The Labute approximate surface area is 232 Å². The third kappa shape index (κ3) is 7.88. The van der Waals surface area contributed by atoms with Crippen LogP contribution in [-0.4, -0.2) is 30.7 Å². The number of nitrogens with zero attached hydrogens (tertiary/aromatic N) is 1. The third-order valence-electron chi connectivity index (χ3n) is 5.73. The molecule has 202 valence electrons. The molecule has 0 saturated heterocycles. The van der Waals surface area contributed by atoms with Gasteiger partial charge in [0.05, 0.1) is 17.3 Å². The molecule has 1 amide bonds. The van der Waals surface area contributed by atoms with Crippen molar-refractivity contribution in [2.75, 3.05) is 6.61 Å². The summed E-state index contributed by atoms with van der Waals surface area (Å²) in [5, 5.41) is 3.97. The van der Waals surface area contributed by atoms with Gasteiger partial charge in [0.15, 0.2) is 6.61 Å². The summed E-state index contributed by atoms with van der Waals surface area (Å²) in [4.78, 5) is 37.5. The third-order valence-corrected chi connectivity index (χ3v) is 5.73. The number of rotatable bonds is 10. The number of hydrazone groups is 1. The van der Waals surface area contributed by atoms with Crippen LogP contribution in [0.25, 0.3) is 0 Å². The van der Waals surface area contributed by atoms with Gasteiger partial charge in [-0.1, -0.05) is 62.4 Å². The van der Waals surface area contributed by atoms with Gasteiger partial charge in [0.25, 0.3) is 5.91 Å². The second-order valence-corrected chi connectivity index (χ2v) is 9.02. The van der Waals surface area contributed by atoms with E-state index >= 15 is 0 Å². The van der Waals surface area contributed by atoms with E-state index < -0.39 is 17.8 Å². The molecule has 0 aromatic heterocycles.